The molecule has 2 rings (SSSR count). The van der Waals surface area contributed by atoms with Crippen molar-refractivity contribution >= 4 is 17.7 Å². The van der Waals surface area contributed by atoms with Crippen molar-refractivity contribution in [1.82, 2.24) is 15.5 Å². The van der Waals surface area contributed by atoms with Gasteiger partial charge in [0, 0.05) is 29.9 Å². The summed E-state index contributed by atoms with van der Waals surface area (Å²) in [6, 6.07) is -0.877. The summed E-state index contributed by atoms with van der Waals surface area (Å²) >= 11 is 0. The van der Waals surface area contributed by atoms with Gasteiger partial charge in [-0.2, -0.15) is 0 Å². The maximum Gasteiger partial charge on any atom is 0.249 e. The molecular formula is C19H27N3O4. The normalized spacial score (nSPS) is 35.2. The van der Waals surface area contributed by atoms with Crippen molar-refractivity contribution in [2.24, 2.45) is 5.89 Å². The van der Waals surface area contributed by atoms with Gasteiger partial charge in [-0.1, -0.05) is 38.0 Å². The Morgan fingerprint density at radius 2 is 2.15 bits per heavy atom. The largest absolute Gasteiger partial charge is 0.383 e. The number of carbonyl (C=O) groups is 3. The molecule has 1 aromatic rings. The standard InChI is InChI=1S/C19H27N3O4/c1-11(2)16(23)18(25)20-12(3)17(24)21-15-14-8-6-5-7-13(14)9-10-22(4)19(15)26/h5-8,11-12,15-16,23H,9-10H2,1-4H3,(H,20,25)(H,21,24)/t12-,15-,16-/m0/s1/i1D3,2D3,4D3,10D2,11D,12D,15D. The number of benzene rings is 1. The minimum atomic E-state index is -3.78. The minimum absolute atomic E-state index is 0.0385. The third-order valence-corrected chi connectivity index (χ3v) is 3.54. The second-order valence-electron chi connectivity index (χ2n) is 5.39. The van der Waals surface area contributed by atoms with E-state index in [1.54, 1.807) is 5.32 Å². The van der Waals surface area contributed by atoms with Gasteiger partial charge in [0.1, 0.15) is 18.1 Å². The predicted molar refractivity (Wildman–Crippen MR) is 97.1 cm³/mol. The number of fused-ring (bicyclic) bond motifs is 1. The molecule has 1 aromatic carbocycles. The number of nitrogens with one attached hydrogen (secondary N) is 2. The van der Waals surface area contributed by atoms with Crippen LogP contribution in [0.3, 0.4) is 0 Å². The molecule has 0 radical (unpaired) electrons. The molecule has 7 nitrogen and oxygen atoms in total. The molecule has 1 aliphatic heterocycles. The molecule has 1 heterocycles. The molecule has 0 saturated carbocycles. The lowest BCUT2D eigenvalue weighted by Gasteiger charge is -2.24. The molecule has 1 aliphatic rings. The zero-order valence-corrected chi connectivity index (χ0v) is 13.7. The molecular weight excluding hydrogens is 334 g/mol. The van der Waals surface area contributed by atoms with Crippen LogP contribution >= 0.6 is 0 Å². The van der Waals surface area contributed by atoms with Gasteiger partial charge in [0.15, 0.2) is 0 Å². The van der Waals surface area contributed by atoms with Crippen molar-refractivity contribution in [3.63, 3.8) is 0 Å². The van der Waals surface area contributed by atoms with Crippen LogP contribution in [-0.2, 0) is 20.8 Å². The van der Waals surface area contributed by atoms with Gasteiger partial charge >= 0.3 is 0 Å². The molecule has 3 N–H and O–H groups in total. The van der Waals surface area contributed by atoms with Gasteiger partial charge in [0.05, 0.1) is 2.74 Å². The number of likely N-dealkylation sites (N-methyl/N-ethyl adjacent to an activating group) is 1. The highest BCUT2D eigenvalue weighted by Gasteiger charge is 2.32. The Morgan fingerprint density at radius 1 is 1.42 bits per heavy atom. The quantitative estimate of drug-likeness (QED) is 0.693. The van der Waals surface area contributed by atoms with Gasteiger partial charge in [-0.3, -0.25) is 14.4 Å². The van der Waals surface area contributed by atoms with Gasteiger partial charge in [0.25, 0.3) is 0 Å². The van der Waals surface area contributed by atoms with Crippen molar-refractivity contribution in [3.05, 3.63) is 35.4 Å². The Kier molecular flexibility index (Phi) is 2.58. The molecule has 0 saturated heterocycles. The number of aryl methyl sites for hydroxylation is 1. The SMILES string of the molecule is [2H]C([2H])([2H])N1C(=O)[C@@]([2H])(NC(=O)[C@]([2H])(C)NC(=O)[C@@H](O)C([2H])(C([2H])([2H])[2H])C([2H])([2H])[2H])c2ccccc2CC1([2H])[2H]. The fourth-order valence-electron chi connectivity index (χ4n) is 2.15. The number of amides is 3. The van der Waals surface area contributed by atoms with Crippen molar-refractivity contribution in [3.8, 4) is 0 Å². The first-order valence-corrected chi connectivity index (χ1v) is 7.40. The van der Waals surface area contributed by atoms with Crippen LogP contribution in [0.2, 0.25) is 0 Å². The van der Waals surface area contributed by atoms with E-state index in [-0.39, 0.29) is 16.0 Å². The van der Waals surface area contributed by atoms with Gasteiger partial charge < -0.3 is 20.6 Å². The second kappa shape index (κ2) is 8.31. The van der Waals surface area contributed by atoms with Crippen LogP contribution in [0.25, 0.3) is 0 Å². The molecule has 0 fully saturated rings. The highest BCUT2D eigenvalue weighted by molar-refractivity contribution is 5.93. The lowest BCUT2D eigenvalue weighted by atomic mass is 9.99. The summed E-state index contributed by atoms with van der Waals surface area (Å²) in [5, 5.41) is 13.7. The van der Waals surface area contributed by atoms with Crippen LogP contribution in [0.5, 0.6) is 0 Å². The van der Waals surface area contributed by atoms with Crippen LogP contribution in [0.15, 0.2) is 24.3 Å². The molecule has 0 unspecified atom stereocenters. The molecule has 3 amide bonds. The molecule has 3 atom stereocenters. The molecule has 0 bridgehead atoms. The number of nitrogens with zero attached hydrogens (tertiary/aromatic N) is 1. The number of rotatable bonds is 5. The average molecular weight is 376 g/mol. The van der Waals surface area contributed by atoms with E-state index in [4.69, 9.17) is 19.2 Å². The van der Waals surface area contributed by atoms with E-state index in [1.165, 1.54) is 18.2 Å². The smallest absolute Gasteiger partial charge is 0.249 e. The van der Waals surface area contributed by atoms with Crippen LogP contribution in [0.1, 0.15) is 57.0 Å². The Balaban J connectivity index is 2.52. The van der Waals surface area contributed by atoms with Crippen molar-refractivity contribution in [2.45, 2.75) is 45.2 Å². The van der Waals surface area contributed by atoms with Crippen molar-refractivity contribution in [1.29, 1.82) is 0 Å². The average Bonchev–Trinajstić information content (AvgIpc) is 2.80. The Hall–Kier alpha value is -2.41. The lowest BCUT2D eigenvalue weighted by Crippen LogP contribution is -2.51. The summed E-state index contributed by atoms with van der Waals surface area (Å²) in [4.78, 5) is 39.0. The van der Waals surface area contributed by atoms with Gasteiger partial charge in [0.2, 0.25) is 17.7 Å². The number of aliphatic hydroxyl groups is 1. The minimum Gasteiger partial charge on any atom is -0.383 e. The molecule has 0 aromatic heterocycles. The van der Waals surface area contributed by atoms with Gasteiger partial charge in [-0.05, 0) is 30.4 Å². The Morgan fingerprint density at radius 3 is 2.85 bits per heavy atom. The Labute approximate surface area is 173 Å². The maximum atomic E-state index is 13.4. The summed E-state index contributed by atoms with van der Waals surface area (Å²) in [5.74, 6) is -9.14. The number of hydrogen-bond acceptors (Lipinski definition) is 4. The van der Waals surface area contributed by atoms with Crippen LogP contribution in [0, 0.1) is 5.89 Å². The van der Waals surface area contributed by atoms with E-state index >= 15 is 0 Å². The zero-order chi connectivity index (χ0) is 31.5. The fourth-order valence-corrected chi connectivity index (χ4v) is 2.15. The van der Waals surface area contributed by atoms with E-state index < -0.39 is 75.4 Å². The molecule has 0 aliphatic carbocycles. The van der Waals surface area contributed by atoms with Crippen LogP contribution in [-0.4, -0.2) is 53.3 Å². The van der Waals surface area contributed by atoms with Gasteiger partial charge in [-0.15, -0.1) is 0 Å². The van der Waals surface area contributed by atoms with E-state index in [9.17, 15) is 19.5 Å². The molecule has 7 heteroatoms. The van der Waals surface area contributed by atoms with Crippen molar-refractivity contribution < 1.29 is 38.7 Å². The van der Waals surface area contributed by atoms with Gasteiger partial charge in [-0.25, -0.2) is 0 Å². The molecule has 0 spiro atoms. The fraction of sp³-hybridized carbons (Fsp3) is 0.526. The third-order valence-electron chi connectivity index (χ3n) is 3.54. The molecule has 26 heavy (non-hydrogen) atoms. The van der Waals surface area contributed by atoms with E-state index in [0.717, 1.165) is 6.07 Å². The number of hydrogen-bond donors (Lipinski definition) is 3. The Bertz CT molecular complexity index is 1170. The summed E-state index contributed by atoms with van der Waals surface area (Å²) in [5.41, 5.74) is -0.385. The topological polar surface area (TPSA) is 98.7 Å². The van der Waals surface area contributed by atoms with Crippen LogP contribution < -0.4 is 10.6 Å². The van der Waals surface area contributed by atoms with Crippen LogP contribution in [0.4, 0.5) is 0 Å². The highest BCUT2D eigenvalue weighted by atomic mass is 16.3. The van der Waals surface area contributed by atoms with Crippen molar-refractivity contribution in [2.75, 3.05) is 13.5 Å². The lowest BCUT2D eigenvalue weighted by molar-refractivity contribution is -0.137. The second-order valence-corrected chi connectivity index (χ2v) is 5.39. The molecule has 142 valence electrons. The third kappa shape index (κ3) is 4.40. The first-order chi connectivity index (χ1) is 17.6. The zero-order valence-electron chi connectivity index (χ0n) is 27.7. The summed E-state index contributed by atoms with van der Waals surface area (Å²) in [6.07, 6.45) is -3.81. The number of aliphatic hydroxyl groups excluding tert-OH is 1. The first kappa shape index (κ1) is 8.08. The van der Waals surface area contributed by atoms with E-state index in [1.807, 2.05) is 5.32 Å². The summed E-state index contributed by atoms with van der Waals surface area (Å²) < 4.78 is 109. The number of carbonyl (C=O) groups excluding carboxylic acids is 3. The predicted octanol–water partition coefficient (Wildman–Crippen LogP) is 0.380. The highest BCUT2D eigenvalue weighted by Crippen LogP contribution is 2.24. The van der Waals surface area contributed by atoms with E-state index in [2.05, 4.69) is 0 Å². The van der Waals surface area contributed by atoms with E-state index in [0.29, 0.717) is 6.92 Å². The first-order valence-electron chi connectivity index (χ1n) is 14.4. The maximum absolute atomic E-state index is 13.4. The monoisotopic (exact) mass is 375 g/mol. The summed E-state index contributed by atoms with van der Waals surface area (Å²) in [6.45, 7) is -13.1. The summed E-state index contributed by atoms with van der Waals surface area (Å²) in [7, 11) is 0.